The Balaban J connectivity index is 2.41. The number of aryl methyl sites for hydroxylation is 2. The number of allylic oxidation sites excluding steroid dienone is 1. The van der Waals surface area contributed by atoms with Gasteiger partial charge in [0.2, 0.25) is 0 Å². The van der Waals surface area contributed by atoms with Gasteiger partial charge in [-0.05, 0) is 35.1 Å². The van der Waals surface area contributed by atoms with Crippen LogP contribution in [0.1, 0.15) is 22.3 Å². The van der Waals surface area contributed by atoms with Gasteiger partial charge in [0.25, 0.3) is 0 Å². The third-order valence-electron chi connectivity index (χ3n) is 3.71. The van der Waals surface area contributed by atoms with Gasteiger partial charge in [0.05, 0.1) is 0 Å². The van der Waals surface area contributed by atoms with E-state index in [4.69, 9.17) is 0 Å². The smallest absolute Gasteiger partial charge is 0.138 e. The van der Waals surface area contributed by atoms with Gasteiger partial charge in [-0.1, -0.05) is 48.5 Å². The third kappa shape index (κ3) is 1.88. The van der Waals surface area contributed by atoms with E-state index < -0.39 is 0 Å². The molecule has 2 heteroatoms. The molecular formula is C18H12N2. The Morgan fingerprint density at radius 1 is 0.750 bits per heavy atom. The van der Waals surface area contributed by atoms with Crippen LogP contribution in [0.25, 0.3) is 5.57 Å². The zero-order valence-corrected chi connectivity index (χ0v) is 10.9. The molecule has 0 radical (unpaired) electrons. The number of rotatable bonds is 0. The standard InChI is InChI=1S/C18H12N2/c19-11-15(12-20)18-16-7-3-1-5-13(16)9-10-14-6-2-4-8-17(14)18/h1-8H,9-10H2. The molecule has 3 rings (SSSR count). The second-order valence-electron chi connectivity index (χ2n) is 4.79. The second-order valence-corrected chi connectivity index (χ2v) is 4.79. The quantitative estimate of drug-likeness (QED) is 0.676. The topological polar surface area (TPSA) is 47.6 Å². The maximum atomic E-state index is 9.29. The SMILES string of the molecule is N#CC(C#N)=C1c2ccccc2CCc2ccccc21. The van der Waals surface area contributed by atoms with Crippen molar-refractivity contribution in [2.75, 3.05) is 0 Å². The molecule has 0 bridgehead atoms. The summed E-state index contributed by atoms with van der Waals surface area (Å²) in [5.74, 6) is 0. The van der Waals surface area contributed by atoms with E-state index in [9.17, 15) is 10.5 Å². The maximum absolute atomic E-state index is 9.29. The van der Waals surface area contributed by atoms with Gasteiger partial charge >= 0.3 is 0 Å². The normalized spacial score (nSPS) is 12.4. The summed E-state index contributed by atoms with van der Waals surface area (Å²) in [7, 11) is 0. The van der Waals surface area contributed by atoms with Gasteiger partial charge < -0.3 is 0 Å². The first kappa shape index (κ1) is 12.2. The summed E-state index contributed by atoms with van der Waals surface area (Å²) in [4.78, 5) is 0. The van der Waals surface area contributed by atoms with Gasteiger partial charge in [0.1, 0.15) is 17.7 Å². The molecule has 2 aromatic carbocycles. The van der Waals surface area contributed by atoms with Crippen LogP contribution in [0.3, 0.4) is 0 Å². The van der Waals surface area contributed by atoms with Crippen molar-refractivity contribution in [1.29, 1.82) is 10.5 Å². The molecule has 0 heterocycles. The Morgan fingerprint density at radius 3 is 1.65 bits per heavy atom. The average molecular weight is 256 g/mol. The molecule has 0 N–H and O–H groups in total. The fourth-order valence-electron chi connectivity index (χ4n) is 2.78. The molecule has 94 valence electrons. The molecule has 0 aliphatic heterocycles. The van der Waals surface area contributed by atoms with Gasteiger partial charge in [0, 0.05) is 5.57 Å². The second kappa shape index (κ2) is 5.03. The molecule has 1 aliphatic carbocycles. The van der Waals surface area contributed by atoms with E-state index in [-0.39, 0.29) is 5.57 Å². The van der Waals surface area contributed by atoms with Crippen molar-refractivity contribution >= 4 is 5.57 Å². The van der Waals surface area contributed by atoms with Crippen molar-refractivity contribution < 1.29 is 0 Å². The van der Waals surface area contributed by atoms with Crippen LogP contribution in [0.4, 0.5) is 0 Å². The molecule has 20 heavy (non-hydrogen) atoms. The van der Waals surface area contributed by atoms with Crippen LogP contribution in [0.15, 0.2) is 54.1 Å². The Hall–Kier alpha value is -2.84. The molecule has 2 aromatic rings. The van der Waals surface area contributed by atoms with E-state index in [1.165, 1.54) is 11.1 Å². The Bertz CT molecular complexity index is 720. The van der Waals surface area contributed by atoms with Gasteiger partial charge in [-0.3, -0.25) is 0 Å². The van der Waals surface area contributed by atoms with Crippen LogP contribution >= 0.6 is 0 Å². The van der Waals surface area contributed by atoms with Crippen molar-refractivity contribution in [3.63, 3.8) is 0 Å². The van der Waals surface area contributed by atoms with Crippen LogP contribution in [-0.2, 0) is 12.8 Å². The Morgan fingerprint density at radius 2 is 1.20 bits per heavy atom. The van der Waals surface area contributed by atoms with Crippen molar-refractivity contribution in [2.45, 2.75) is 12.8 Å². The lowest BCUT2D eigenvalue weighted by Gasteiger charge is -2.11. The van der Waals surface area contributed by atoms with E-state index >= 15 is 0 Å². The van der Waals surface area contributed by atoms with Crippen molar-refractivity contribution in [3.05, 3.63) is 76.4 Å². The number of hydrogen-bond donors (Lipinski definition) is 0. The lowest BCUT2D eigenvalue weighted by molar-refractivity contribution is 0.965. The highest BCUT2D eigenvalue weighted by molar-refractivity contribution is 5.89. The number of benzene rings is 2. The first-order valence-electron chi connectivity index (χ1n) is 6.56. The zero-order valence-electron chi connectivity index (χ0n) is 10.9. The summed E-state index contributed by atoms with van der Waals surface area (Å²) in [6, 6.07) is 20.2. The van der Waals surface area contributed by atoms with Crippen molar-refractivity contribution in [1.82, 2.24) is 0 Å². The van der Waals surface area contributed by atoms with E-state index in [0.29, 0.717) is 0 Å². The lowest BCUT2D eigenvalue weighted by Crippen LogP contribution is -1.95. The lowest BCUT2D eigenvalue weighted by atomic mass is 9.91. The molecule has 0 atom stereocenters. The highest BCUT2D eigenvalue weighted by Crippen LogP contribution is 2.35. The van der Waals surface area contributed by atoms with Gasteiger partial charge in [-0.25, -0.2) is 0 Å². The first-order valence-corrected chi connectivity index (χ1v) is 6.56. The molecule has 1 aliphatic rings. The number of nitriles is 2. The van der Waals surface area contributed by atoms with Crippen LogP contribution in [-0.4, -0.2) is 0 Å². The van der Waals surface area contributed by atoms with Crippen LogP contribution in [0.2, 0.25) is 0 Å². The summed E-state index contributed by atoms with van der Waals surface area (Å²) < 4.78 is 0. The number of hydrogen-bond acceptors (Lipinski definition) is 2. The predicted molar refractivity (Wildman–Crippen MR) is 77.5 cm³/mol. The highest BCUT2D eigenvalue weighted by atomic mass is 14.3. The van der Waals surface area contributed by atoms with Gasteiger partial charge in [0.15, 0.2) is 0 Å². The van der Waals surface area contributed by atoms with E-state index in [0.717, 1.165) is 29.5 Å². The maximum Gasteiger partial charge on any atom is 0.138 e. The molecule has 0 unspecified atom stereocenters. The monoisotopic (exact) mass is 256 g/mol. The minimum Gasteiger partial charge on any atom is -0.192 e. The molecule has 0 aromatic heterocycles. The summed E-state index contributed by atoms with van der Waals surface area (Å²) in [5, 5.41) is 18.6. The largest absolute Gasteiger partial charge is 0.192 e. The zero-order chi connectivity index (χ0) is 13.9. The Kier molecular flexibility index (Phi) is 3.07. The van der Waals surface area contributed by atoms with Crippen molar-refractivity contribution in [3.8, 4) is 12.1 Å². The molecular weight excluding hydrogens is 244 g/mol. The number of fused-ring (bicyclic) bond motifs is 2. The molecule has 0 spiro atoms. The third-order valence-corrected chi connectivity index (χ3v) is 3.71. The highest BCUT2D eigenvalue weighted by Gasteiger charge is 2.20. The molecule has 0 amide bonds. The molecule has 0 saturated carbocycles. The predicted octanol–water partition coefficient (Wildman–Crippen LogP) is 3.63. The summed E-state index contributed by atoms with van der Waals surface area (Å²) in [5.41, 5.74) is 5.38. The first-order chi connectivity index (χ1) is 9.85. The van der Waals surface area contributed by atoms with E-state index in [1.807, 2.05) is 48.5 Å². The summed E-state index contributed by atoms with van der Waals surface area (Å²) in [6.07, 6.45) is 1.86. The van der Waals surface area contributed by atoms with Crippen molar-refractivity contribution in [2.24, 2.45) is 0 Å². The molecule has 2 nitrogen and oxygen atoms in total. The fraction of sp³-hybridized carbons (Fsp3) is 0.111. The van der Waals surface area contributed by atoms with Gasteiger partial charge in [-0.2, -0.15) is 10.5 Å². The minimum atomic E-state index is 0.187. The fourth-order valence-corrected chi connectivity index (χ4v) is 2.78. The molecule has 0 fully saturated rings. The Labute approximate surface area is 118 Å². The van der Waals surface area contributed by atoms with Crippen LogP contribution in [0.5, 0.6) is 0 Å². The van der Waals surface area contributed by atoms with Crippen LogP contribution < -0.4 is 0 Å². The number of nitrogens with zero attached hydrogens (tertiary/aromatic N) is 2. The van der Waals surface area contributed by atoms with Crippen LogP contribution in [0, 0.1) is 22.7 Å². The summed E-state index contributed by atoms with van der Waals surface area (Å²) >= 11 is 0. The molecule has 0 saturated heterocycles. The van der Waals surface area contributed by atoms with E-state index in [1.54, 1.807) is 0 Å². The van der Waals surface area contributed by atoms with Gasteiger partial charge in [-0.15, -0.1) is 0 Å². The average Bonchev–Trinajstić information content (AvgIpc) is 2.67. The summed E-state index contributed by atoms with van der Waals surface area (Å²) in [6.45, 7) is 0. The van der Waals surface area contributed by atoms with E-state index in [2.05, 4.69) is 12.1 Å². The minimum absolute atomic E-state index is 0.187.